The molecule has 0 aliphatic carbocycles. The van der Waals surface area contributed by atoms with E-state index in [-0.39, 0.29) is 0 Å². The molecule has 0 aromatic heterocycles. The highest BCUT2D eigenvalue weighted by Gasteiger charge is 2.10. The molecule has 0 radical (unpaired) electrons. The molecule has 0 saturated heterocycles. The lowest BCUT2D eigenvalue weighted by molar-refractivity contribution is 0.596. The average molecular weight is 259 g/mol. The van der Waals surface area contributed by atoms with Crippen LogP contribution in [0.4, 0.5) is 0 Å². The van der Waals surface area contributed by atoms with E-state index in [9.17, 15) is 8.42 Å². The lowest BCUT2D eigenvalue weighted by Gasteiger charge is -2.08. The summed E-state index contributed by atoms with van der Waals surface area (Å²) in [6.07, 6.45) is 1.66. The van der Waals surface area contributed by atoms with Crippen LogP contribution in [0.3, 0.4) is 0 Å². The lowest BCUT2D eigenvalue weighted by Crippen LogP contribution is -2.13. The van der Waals surface area contributed by atoms with Gasteiger partial charge in [0, 0.05) is 22.6 Å². The highest BCUT2D eigenvalue weighted by atomic mass is 35.5. The third-order valence-corrected chi connectivity index (χ3v) is 5.41. The molecular weight excluding hydrogens is 240 g/mol. The maximum absolute atomic E-state index is 11.3. The summed E-state index contributed by atoms with van der Waals surface area (Å²) in [6.45, 7) is 3.97. The van der Waals surface area contributed by atoms with Crippen LogP contribution in [0.5, 0.6) is 0 Å². The minimum absolute atomic E-state index is 0.304. The number of rotatable bonds is 8. The molecule has 0 N–H and O–H groups in total. The SMILES string of the molecule is CCCS(=O)(=O)CCSC(C)CCCl. The summed E-state index contributed by atoms with van der Waals surface area (Å²) in [5, 5.41) is 0.462. The topological polar surface area (TPSA) is 34.1 Å². The number of thioether (sulfide) groups is 1. The number of sulfone groups is 1. The Labute approximate surface area is 96.7 Å². The average Bonchev–Trinajstić information content (AvgIpc) is 2.03. The van der Waals surface area contributed by atoms with Gasteiger partial charge >= 0.3 is 0 Å². The van der Waals surface area contributed by atoms with Crippen LogP contribution < -0.4 is 0 Å². The Kier molecular flexibility index (Phi) is 8.16. The van der Waals surface area contributed by atoms with Crippen LogP contribution in [0.25, 0.3) is 0 Å². The number of halogens is 1. The van der Waals surface area contributed by atoms with Crippen molar-refractivity contribution in [3.05, 3.63) is 0 Å². The molecule has 14 heavy (non-hydrogen) atoms. The summed E-state index contributed by atoms with van der Waals surface area (Å²) in [6, 6.07) is 0. The predicted octanol–water partition coefficient (Wildman–Crippen LogP) is 2.56. The van der Waals surface area contributed by atoms with Gasteiger partial charge in [0.15, 0.2) is 9.84 Å². The molecule has 0 saturated carbocycles. The van der Waals surface area contributed by atoms with Gasteiger partial charge in [-0.25, -0.2) is 8.42 Å². The van der Waals surface area contributed by atoms with E-state index in [1.807, 2.05) is 6.92 Å². The molecule has 0 bridgehead atoms. The smallest absolute Gasteiger partial charge is 0.151 e. The lowest BCUT2D eigenvalue weighted by atomic mass is 10.4. The van der Waals surface area contributed by atoms with Crippen molar-refractivity contribution in [2.75, 3.05) is 23.1 Å². The normalized spacial score (nSPS) is 14.2. The van der Waals surface area contributed by atoms with Crippen LogP contribution in [-0.4, -0.2) is 36.8 Å². The zero-order chi connectivity index (χ0) is 11.0. The van der Waals surface area contributed by atoms with Crippen molar-refractivity contribution in [1.82, 2.24) is 0 Å². The van der Waals surface area contributed by atoms with Crippen LogP contribution in [0.15, 0.2) is 0 Å². The number of alkyl halides is 1. The molecule has 0 heterocycles. The molecule has 0 aromatic rings. The maximum Gasteiger partial charge on any atom is 0.151 e. The van der Waals surface area contributed by atoms with Crippen molar-refractivity contribution in [3.63, 3.8) is 0 Å². The molecule has 1 unspecified atom stereocenters. The second kappa shape index (κ2) is 7.83. The summed E-state index contributed by atoms with van der Waals surface area (Å²) in [5.74, 6) is 1.96. The highest BCUT2D eigenvalue weighted by molar-refractivity contribution is 8.01. The highest BCUT2D eigenvalue weighted by Crippen LogP contribution is 2.15. The fraction of sp³-hybridized carbons (Fsp3) is 1.00. The third kappa shape index (κ3) is 7.94. The zero-order valence-corrected chi connectivity index (χ0v) is 11.2. The fourth-order valence-electron chi connectivity index (χ4n) is 1.03. The molecule has 5 heteroatoms. The Hall–Kier alpha value is 0.590. The van der Waals surface area contributed by atoms with Gasteiger partial charge in [-0.2, -0.15) is 11.8 Å². The predicted molar refractivity (Wildman–Crippen MR) is 66.2 cm³/mol. The minimum atomic E-state index is -2.80. The van der Waals surface area contributed by atoms with Gasteiger partial charge in [0.25, 0.3) is 0 Å². The molecule has 0 rings (SSSR count). The molecular formula is C9H19ClO2S2. The van der Waals surface area contributed by atoms with E-state index in [4.69, 9.17) is 11.6 Å². The van der Waals surface area contributed by atoms with E-state index < -0.39 is 9.84 Å². The number of hydrogen-bond donors (Lipinski definition) is 0. The van der Waals surface area contributed by atoms with E-state index in [0.29, 0.717) is 34.8 Å². The van der Waals surface area contributed by atoms with Gasteiger partial charge in [-0.3, -0.25) is 0 Å². The quantitative estimate of drug-likeness (QED) is 0.628. The summed E-state index contributed by atoms with van der Waals surface area (Å²) in [7, 11) is -2.80. The summed E-state index contributed by atoms with van der Waals surface area (Å²) in [4.78, 5) is 0. The molecule has 0 amide bonds. The van der Waals surface area contributed by atoms with Crippen molar-refractivity contribution in [1.29, 1.82) is 0 Å². The van der Waals surface area contributed by atoms with Gasteiger partial charge in [-0.15, -0.1) is 11.6 Å². The van der Waals surface area contributed by atoms with Crippen LogP contribution in [0, 0.1) is 0 Å². The monoisotopic (exact) mass is 258 g/mol. The van der Waals surface area contributed by atoms with Crippen LogP contribution in [0.1, 0.15) is 26.7 Å². The molecule has 0 aliphatic heterocycles. The van der Waals surface area contributed by atoms with E-state index in [1.54, 1.807) is 11.8 Å². The van der Waals surface area contributed by atoms with Crippen molar-refractivity contribution in [3.8, 4) is 0 Å². The summed E-state index contributed by atoms with van der Waals surface area (Å²) >= 11 is 7.27. The second-order valence-electron chi connectivity index (χ2n) is 3.31. The van der Waals surface area contributed by atoms with Gasteiger partial charge in [0.1, 0.15) is 0 Å². The zero-order valence-electron chi connectivity index (χ0n) is 8.83. The largest absolute Gasteiger partial charge is 0.229 e. The Morgan fingerprint density at radius 3 is 2.50 bits per heavy atom. The molecule has 1 atom stereocenters. The number of hydrogen-bond acceptors (Lipinski definition) is 3. The van der Waals surface area contributed by atoms with Crippen molar-refractivity contribution in [2.45, 2.75) is 31.9 Å². The summed E-state index contributed by atoms with van der Waals surface area (Å²) in [5.41, 5.74) is 0. The van der Waals surface area contributed by atoms with E-state index in [2.05, 4.69) is 6.92 Å². The first-order chi connectivity index (χ1) is 6.52. The van der Waals surface area contributed by atoms with E-state index in [0.717, 1.165) is 6.42 Å². The van der Waals surface area contributed by atoms with Gasteiger partial charge in [-0.1, -0.05) is 13.8 Å². The van der Waals surface area contributed by atoms with E-state index in [1.165, 1.54) is 0 Å². The minimum Gasteiger partial charge on any atom is -0.229 e. The van der Waals surface area contributed by atoms with Crippen LogP contribution in [-0.2, 0) is 9.84 Å². The van der Waals surface area contributed by atoms with Crippen LogP contribution in [0.2, 0.25) is 0 Å². The first-order valence-corrected chi connectivity index (χ1v) is 8.30. The summed E-state index contributed by atoms with van der Waals surface area (Å²) < 4.78 is 22.7. The molecule has 0 aliphatic rings. The van der Waals surface area contributed by atoms with Crippen molar-refractivity contribution in [2.24, 2.45) is 0 Å². The fourth-order valence-corrected chi connectivity index (χ4v) is 4.40. The van der Waals surface area contributed by atoms with Crippen LogP contribution >= 0.6 is 23.4 Å². The Morgan fingerprint density at radius 1 is 1.36 bits per heavy atom. The standard InChI is InChI=1S/C9H19ClO2S2/c1-3-7-14(11,12)8-6-13-9(2)4-5-10/h9H,3-8H2,1-2H3. The maximum atomic E-state index is 11.3. The van der Waals surface area contributed by atoms with Gasteiger partial charge in [0.2, 0.25) is 0 Å². The third-order valence-electron chi connectivity index (χ3n) is 1.83. The van der Waals surface area contributed by atoms with Crippen molar-refractivity contribution >= 4 is 33.2 Å². The molecule has 0 spiro atoms. The molecule has 86 valence electrons. The van der Waals surface area contributed by atoms with Gasteiger partial charge in [-0.05, 0) is 12.8 Å². The Morgan fingerprint density at radius 2 is 2.00 bits per heavy atom. The molecule has 0 aromatic carbocycles. The van der Waals surface area contributed by atoms with Gasteiger partial charge in [0.05, 0.1) is 5.75 Å². The molecule has 0 fully saturated rings. The first kappa shape index (κ1) is 14.6. The Balaban J connectivity index is 3.63. The molecule has 2 nitrogen and oxygen atoms in total. The van der Waals surface area contributed by atoms with Gasteiger partial charge < -0.3 is 0 Å². The van der Waals surface area contributed by atoms with Crippen molar-refractivity contribution < 1.29 is 8.42 Å². The second-order valence-corrected chi connectivity index (χ2v) is 7.54. The van der Waals surface area contributed by atoms with E-state index >= 15 is 0 Å². The Bertz CT molecular complexity index is 227. The first-order valence-electron chi connectivity index (χ1n) is 4.90.